The van der Waals surface area contributed by atoms with Crippen molar-refractivity contribution >= 4 is 0 Å². The molecule has 30 heavy (non-hydrogen) atoms. The molecule has 1 N–H and O–H groups in total. The molecule has 4 nitrogen and oxygen atoms in total. The lowest BCUT2D eigenvalue weighted by Gasteiger charge is -2.41. The van der Waals surface area contributed by atoms with Gasteiger partial charge in [0.15, 0.2) is 0 Å². The van der Waals surface area contributed by atoms with E-state index in [1.54, 1.807) is 0 Å². The Balaban J connectivity index is 1.81. The summed E-state index contributed by atoms with van der Waals surface area (Å²) in [5, 5.41) is 10.4. The first-order chi connectivity index (χ1) is 13.8. The van der Waals surface area contributed by atoms with Gasteiger partial charge in [-0.1, -0.05) is 60.6 Å². The lowest BCUT2D eigenvalue weighted by atomic mass is 9.80. The van der Waals surface area contributed by atoms with Crippen LogP contribution in [0.2, 0.25) is 0 Å². The van der Waals surface area contributed by atoms with Crippen LogP contribution < -0.4 is 4.74 Å². The van der Waals surface area contributed by atoms with Crippen molar-refractivity contribution in [1.82, 2.24) is 0 Å². The van der Waals surface area contributed by atoms with Crippen LogP contribution in [0.1, 0.15) is 72.4 Å². The highest BCUT2D eigenvalue weighted by molar-refractivity contribution is 5.43. The molecule has 2 rings (SSSR count). The maximum Gasteiger partial charge on any atom is 0.126 e. The molecule has 1 unspecified atom stereocenters. The van der Waals surface area contributed by atoms with E-state index in [2.05, 4.69) is 73.7 Å². The number of hydrogen-bond acceptors (Lipinski definition) is 3. The summed E-state index contributed by atoms with van der Waals surface area (Å²) in [6.07, 6.45) is 2.09. The average Bonchev–Trinajstić information content (AvgIpc) is 2.62. The van der Waals surface area contributed by atoms with Gasteiger partial charge >= 0.3 is 0 Å². The van der Waals surface area contributed by atoms with Crippen LogP contribution in [-0.2, 0) is 15.6 Å². The van der Waals surface area contributed by atoms with Crippen molar-refractivity contribution in [3.63, 3.8) is 0 Å². The van der Waals surface area contributed by atoms with Crippen molar-refractivity contribution in [2.75, 3.05) is 46.5 Å². The minimum absolute atomic E-state index is 0.0124. The van der Waals surface area contributed by atoms with Crippen molar-refractivity contribution in [2.24, 2.45) is 5.92 Å². The number of ether oxygens (including phenoxy) is 2. The summed E-state index contributed by atoms with van der Waals surface area (Å²) in [4.78, 5) is 0. The van der Waals surface area contributed by atoms with E-state index in [9.17, 15) is 5.11 Å². The molecule has 1 aliphatic heterocycles. The van der Waals surface area contributed by atoms with Crippen molar-refractivity contribution < 1.29 is 19.1 Å². The van der Waals surface area contributed by atoms with E-state index in [4.69, 9.17) is 9.47 Å². The minimum Gasteiger partial charge on any atom is -0.491 e. The third kappa shape index (κ3) is 7.55. The largest absolute Gasteiger partial charge is 0.491 e. The molecule has 1 fully saturated rings. The smallest absolute Gasteiger partial charge is 0.126 e. The van der Waals surface area contributed by atoms with Gasteiger partial charge in [-0.05, 0) is 46.8 Å². The van der Waals surface area contributed by atoms with Gasteiger partial charge in [-0.3, -0.25) is 0 Å². The number of nitrogens with zero attached hydrogens (tertiary/aromatic N) is 1. The normalized spacial score (nSPS) is 24.0. The zero-order chi connectivity index (χ0) is 22.6. The molecule has 0 saturated carbocycles. The average molecular weight is 421 g/mol. The van der Waals surface area contributed by atoms with Gasteiger partial charge in [-0.25, -0.2) is 0 Å². The van der Waals surface area contributed by atoms with Crippen LogP contribution in [-0.4, -0.2) is 62.2 Å². The number of hydrogen-bond donors (Lipinski definition) is 1. The molecule has 1 aliphatic rings. The third-order valence-electron chi connectivity index (χ3n) is 6.42. The standard InChI is InChI=1S/C26H46NO3/c1-20-11-13-27(8,14-12-20)18-22(28)19-29-15-16-30-24-10-9-21(25(2,3)4)17-23(24)26(5,6)7/h9-10,17,20,22,28H,11-16,18-19H2,1-8H3/q+1. The van der Waals surface area contributed by atoms with Gasteiger partial charge in [0.05, 0.1) is 33.4 Å². The quantitative estimate of drug-likeness (QED) is 0.479. The topological polar surface area (TPSA) is 38.7 Å². The van der Waals surface area contributed by atoms with Crippen LogP contribution in [0.5, 0.6) is 5.75 Å². The molecule has 1 aromatic carbocycles. The summed E-state index contributed by atoms with van der Waals surface area (Å²) >= 11 is 0. The van der Waals surface area contributed by atoms with Crippen LogP contribution in [0.4, 0.5) is 0 Å². The van der Waals surface area contributed by atoms with Crippen LogP contribution in [0.3, 0.4) is 0 Å². The highest BCUT2D eigenvalue weighted by Gasteiger charge is 2.30. The summed E-state index contributed by atoms with van der Waals surface area (Å²) in [6, 6.07) is 6.54. The van der Waals surface area contributed by atoms with Crippen molar-refractivity contribution in [3.05, 3.63) is 29.3 Å². The number of quaternary nitrogens is 1. The Morgan fingerprint density at radius 3 is 2.23 bits per heavy atom. The highest BCUT2D eigenvalue weighted by Crippen LogP contribution is 2.35. The zero-order valence-corrected chi connectivity index (χ0v) is 20.8. The van der Waals surface area contributed by atoms with Crippen molar-refractivity contribution in [1.29, 1.82) is 0 Å². The second-order valence-electron chi connectivity index (χ2n) is 11.7. The van der Waals surface area contributed by atoms with E-state index in [0.717, 1.165) is 35.8 Å². The maximum absolute atomic E-state index is 10.4. The van der Waals surface area contributed by atoms with Gasteiger partial charge in [-0.15, -0.1) is 0 Å². The fourth-order valence-electron chi connectivity index (χ4n) is 4.20. The summed E-state index contributed by atoms with van der Waals surface area (Å²) in [5.74, 6) is 1.75. The number of aliphatic hydroxyl groups excluding tert-OH is 1. The first-order valence-corrected chi connectivity index (χ1v) is 11.7. The second-order valence-corrected chi connectivity index (χ2v) is 11.7. The van der Waals surface area contributed by atoms with Gasteiger partial charge in [0.2, 0.25) is 0 Å². The fourth-order valence-corrected chi connectivity index (χ4v) is 4.20. The van der Waals surface area contributed by atoms with E-state index < -0.39 is 6.10 Å². The molecular formula is C26H46NO3+. The number of rotatable bonds is 8. The Labute approximate surface area is 185 Å². The van der Waals surface area contributed by atoms with Crippen molar-refractivity contribution in [2.45, 2.75) is 78.2 Å². The monoisotopic (exact) mass is 420 g/mol. The van der Waals surface area contributed by atoms with E-state index in [1.165, 1.54) is 24.0 Å². The van der Waals surface area contributed by atoms with Crippen molar-refractivity contribution in [3.8, 4) is 5.75 Å². The molecule has 1 heterocycles. The number of likely N-dealkylation sites (tertiary alicyclic amines) is 1. The first-order valence-electron chi connectivity index (χ1n) is 11.7. The molecule has 4 heteroatoms. The third-order valence-corrected chi connectivity index (χ3v) is 6.42. The zero-order valence-electron chi connectivity index (χ0n) is 20.8. The van der Waals surface area contributed by atoms with Gasteiger partial charge in [0.1, 0.15) is 25.0 Å². The summed E-state index contributed by atoms with van der Waals surface area (Å²) in [7, 11) is 2.26. The fraction of sp³-hybridized carbons (Fsp3) is 0.769. The Morgan fingerprint density at radius 2 is 1.67 bits per heavy atom. The second kappa shape index (κ2) is 10.0. The molecule has 0 bridgehead atoms. The summed E-state index contributed by atoms with van der Waals surface area (Å²) < 4.78 is 12.8. The Hall–Kier alpha value is -1.10. The number of aliphatic hydroxyl groups is 1. The minimum atomic E-state index is -0.417. The molecule has 1 saturated heterocycles. The van der Waals surface area contributed by atoms with Gasteiger partial charge in [0, 0.05) is 0 Å². The molecule has 0 radical (unpaired) electrons. The summed E-state index contributed by atoms with van der Waals surface area (Å²) in [6.45, 7) is 20.1. The maximum atomic E-state index is 10.4. The number of likely N-dealkylation sites (N-methyl/N-ethyl adjacent to an activating group) is 1. The predicted molar refractivity (Wildman–Crippen MR) is 125 cm³/mol. The summed E-state index contributed by atoms with van der Waals surface area (Å²) in [5.41, 5.74) is 2.68. The molecule has 1 atom stereocenters. The molecule has 0 aromatic heterocycles. The van der Waals surface area contributed by atoms with Gasteiger partial charge < -0.3 is 19.1 Å². The SMILES string of the molecule is CC1CC[N+](C)(CC(O)COCCOc2ccc(C(C)(C)C)cc2C(C)(C)C)CC1. The lowest BCUT2D eigenvalue weighted by molar-refractivity contribution is -0.918. The first kappa shape index (κ1) is 25.2. The lowest BCUT2D eigenvalue weighted by Crippen LogP contribution is -2.53. The Morgan fingerprint density at radius 1 is 1.03 bits per heavy atom. The molecule has 1 aromatic rings. The van der Waals surface area contributed by atoms with E-state index in [0.29, 0.717) is 19.8 Å². The molecule has 0 amide bonds. The molecular weight excluding hydrogens is 374 g/mol. The number of piperidine rings is 1. The predicted octanol–water partition coefficient (Wildman–Crippen LogP) is 4.91. The van der Waals surface area contributed by atoms with Gasteiger partial charge in [-0.2, -0.15) is 0 Å². The van der Waals surface area contributed by atoms with E-state index >= 15 is 0 Å². The molecule has 0 aliphatic carbocycles. The Kier molecular flexibility index (Phi) is 8.40. The number of benzene rings is 1. The van der Waals surface area contributed by atoms with E-state index in [1.807, 2.05) is 0 Å². The molecule has 172 valence electrons. The highest BCUT2D eigenvalue weighted by atomic mass is 16.5. The van der Waals surface area contributed by atoms with Gasteiger partial charge in [0.25, 0.3) is 0 Å². The van der Waals surface area contributed by atoms with Crippen LogP contribution >= 0.6 is 0 Å². The van der Waals surface area contributed by atoms with E-state index in [-0.39, 0.29) is 10.8 Å². The molecule has 0 spiro atoms. The van der Waals surface area contributed by atoms with Crippen LogP contribution in [0.15, 0.2) is 18.2 Å². The van der Waals surface area contributed by atoms with Crippen LogP contribution in [0.25, 0.3) is 0 Å². The van der Waals surface area contributed by atoms with Crippen LogP contribution in [0, 0.1) is 5.92 Å². The Bertz CT molecular complexity index is 664.